The van der Waals surface area contributed by atoms with Crippen molar-refractivity contribution >= 4 is 5.69 Å². The standard InChI is InChI=1S/C14H22N2/c1-10-6-11(2)8-13(7-10)16-14-5-3-4-12(14)9-15/h6-8,12,14,16H,3-5,9,15H2,1-2H3. The quantitative estimate of drug-likeness (QED) is 0.818. The third kappa shape index (κ3) is 2.56. The zero-order chi connectivity index (χ0) is 11.5. The molecule has 1 saturated carbocycles. The van der Waals surface area contributed by atoms with E-state index in [2.05, 4.69) is 37.4 Å². The van der Waals surface area contributed by atoms with Crippen LogP contribution in [0.3, 0.4) is 0 Å². The van der Waals surface area contributed by atoms with E-state index in [0.717, 1.165) is 6.54 Å². The summed E-state index contributed by atoms with van der Waals surface area (Å²) in [5.41, 5.74) is 9.70. The van der Waals surface area contributed by atoms with E-state index in [9.17, 15) is 0 Å². The maximum atomic E-state index is 5.80. The minimum atomic E-state index is 0.575. The fraction of sp³-hybridized carbons (Fsp3) is 0.571. The number of benzene rings is 1. The summed E-state index contributed by atoms with van der Waals surface area (Å²) in [5, 5.41) is 3.64. The summed E-state index contributed by atoms with van der Waals surface area (Å²) in [4.78, 5) is 0. The molecule has 88 valence electrons. The lowest BCUT2D eigenvalue weighted by Crippen LogP contribution is -2.29. The minimum Gasteiger partial charge on any atom is -0.382 e. The second-order valence-electron chi connectivity index (χ2n) is 5.05. The molecule has 2 rings (SSSR count). The van der Waals surface area contributed by atoms with Crippen LogP contribution in [-0.2, 0) is 0 Å². The van der Waals surface area contributed by atoms with Crippen LogP contribution in [0.15, 0.2) is 18.2 Å². The van der Waals surface area contributed by atoms with Gasteiger partial charge in [-0.3, -0.25) is 0 Å². The van der Waals surface area contributed by atoms with Gasteiger partial charge >= 0.3 is 0 Å². The van der Waals surface area contributed by atoms with Crippen LogP contribution in [-0.4, -0.2) is 12.6 Å². The Kier molecular flexibility index (Phi) is 3.49. The first-order valence-corrected chi connectivity index (χ1v) is 6.24. The Morgan fingerprint density at radius 3 is 2.50 bits per heavy atom. The van der Waals surface area contributed by atoms with Gasteiger partial charge in [0.05, 0.1) is 0 Å². The number of anilines is 1. The highest BCUT2D eigenvalue weighted by Gasteiger charge is 2.25. The van der Waals surface area contributed by atoms with Gasteiger partial charge in [-0.15, -0.1) is 0 Å². The van der Waals surface area contributed by atoms with E-state index in [1.165, 1.54) is 36.1 Å². The van der Waals surface area contributed by atoms with Crippen molar-refractivity contribution in [3.8, 4) is 0 Å². The lowest BCUT2D eigenvalue weighted by Gasteiger charge is -2.21. The van der Waals surface area contributed by atoms with E-state index < -0.39 is 0 Å². The topological polar surface area (TPSA) is 38.0 Å². The van der Waals surface area contributed by atoms with Crippen LogP contribution in [0.1, 0.15) is 30.4 Å². The molecule has 0 amide bonds. The summed E-state index contributed by atoms with van der Waals surface area (Å²) in [6.45, 7) is 5.10. The van der Waals surface area contributed by atoms with Crippen LogP contribution in [0, 0.1) is 19.8 Å². The van der Waals surface area contributed by atoms with Gasteiger partial charge in [-0.05, 0) is 62.4 Å². The second kappa shape index (κ2) is 4.88. The highest BCUT2D eigenvalue weighted by molar-refractivity contribution is 5.49. The molecule has 0 spiro atoms. The highest BCUT2D eigenvalue weighted by Crippen LogP contribution is 2.28. The number of rotatable bonds is 3. The monoisotopic (exact) mass is 218 g/mol. The molecule has 3 N–H and O–H groups in total. The van der Waals surface area contributed by atoms with Crippen LogP contribution in [0.4, 0.5) is 5.69 Å². The zero-order valence-electron chi connectivity index (χ0n) is 10.3. The predicted octanol–water partition coefficient (Wildman–Crippen LogP) is 2.84. The normalized spacial score (nSPS) is 24.7. The Balaban J connectivity index is 2.08. The fourth-order valence-corrected chi connectivity index (χ4v) is 2.78. The zero-order valence-corrected chi connectivity index (χ0v) is 10.3. The number of nitrogens with one attached hydrogen (secondary N) is 1. The third-order valence-electron chi connectivity index (χ3n) is 3.54. The largest absolute Gasteiger partial charge is 0.382 e. The molecular formula is C14H22N2. The molecule has 1 aliphatic carbocycles. The maximum Gasteiger partial charge on any atom is 0.0347 e. The van der Waals surface area contributed by atoms with Gasteiger partial charge in [-0.1, -0.05) is 12.5 Å². The fourth-order valence-electron chi connectivity index (χ4n) is 2.78. The van der Waals surface area contributed by atoms with Crippen molar-refractivity contribution in [1.82, 2.24) is 0 Å². The SMILES string of the molecule is Cc1cc(C)cc(NC2CCCC2CN)c1. The van der Waals surface area contributed by atoms with Crippen LogP contribution in [0.2, 0.25) is 0 Å². The first kappa shape index (κ1) is 11.5. The van der Waals surface area contributed by atoms with E-state index >= 15 is 0 Å². The number of nitrogens with two attached hydrogens (primary N) is 1. The summed E-state index contributed by atoms with van der Waals surface area (Å²) in [6, 6.07) is 7.23. The molecule has 2 atom stereocenters. The smallest absolute Gasteiger partial charge is 0.0347 e. The number of hydrogen-bond donors (Lipinski definition) is 2. The molecule has 2 unspecified atom stereocenters. The predicted molar refractivity (Wildman–Crippen MR) is 69.7 cm³/mol. The van der Waals surface area contributed by atoms with Crippen molar-refractivity contribution in [2.75, 3.05) is 11.9 Å². The summed E-state index contributed by atoms with van der Waals surface area (Å²) in [6.07, 6.45) is 3.85. The molecular weight excluding hydrogens is 196 g/mol. The average Bonchev–Trinajstić information content (AvgIpc) is 2.63. The first-order chi connectivity index (χ1) is 7.69. The molecule has 1 aromatic carbocycles. The van der Waals surface area contributed by atoms with Gasteiger partial charge in [-0.2, -0.15) is 0 Å². The van der Waals surface area contributed by atoms with E-state index in [4.69, 9.17) is 5.73 Å². The van der Waals surface area contributed by atoms with Crippen molar-refractivity contribution < 1.29 is 0 Å². The Bertz CT molecular complexity index is 340. The van der Waals surface area contributed by atoms with Gasteiger partial charge in [0.15, 0.2) is 0 Å². The highest BCUT2D eigenvalue weighted by atomic mass is 14.9. The molecule has 0 aromatic heterocycles. The van der Waals surface area contributed by atoms with E-state index in [1.54, 1.807) is 0 Å². The Morgan fingerprint density at radius 1 is 1.19 bits per heavy atom. The molecule has 0 saturated heterocycles. The molecule has 16 heavy (non-hydrogen) atoms. The Labute approximate surface area is 98.2 Å². The van der Waals surface area contributed by atoms with E-state index in [-0.39, 0.29) is 0 Å². The number of hydrogen-bond acceptors (Lipinski definition) is 2. The van der Waals surface area contributed by atoms with Gasteiger partial charge in [0, 0.05) is 11.7 Å². The van der Waals surface area contributed by atoms with Gasteiger partial charge < -0.3 is 11.1 Å². The van der Waals surface area contributed by atoms with Crippen molar-refractivity contribution in [3.05, 3.63) is 29.3 Å². The van der Waals surface area contributed by atoms with Crippen LogP contribution >= 0.6 is 0 Å². The van der Waals surface area contributed by atoms with E-state index in [1.807, 2.05) is 0 Å². The second-order valence-corrected chi connectivity index (χ2v) is 5.05. The molecule has 1 aliphatic rings. The van der Waals surface area contributed by atoms with Crippen molar-refractivity contribution in [1.29, 1.82) is 0 Å². The summed E-state index contributed by atoms with van der Waals surface area (Å²) in [5.74, 6) is 0.654. The minimum absolute atomic E-state index is 0.575. The molecule has 2 nitrogen and oxygen atoms in total. The van der Waals surface area contributed by atoms with Crippen LogP contribution < -0.4 is 11.1 Å². The maximum absolute atomic E-state index is 5.80. The van der Waals surface area contributed by atoms with Crippen molar-refractivity contribution in [3.63, 3.8) is 0 Å². The first-order valence-electron chi connectivity index (χ1n) is 6.24. The summed E-state index contributed by atoms with van der Waals surface area (Å²) >= 11 is 0. The Hall–Kier alpha value is -1.02. The van der Waals surface area contributed by atoms with Crippen LogP contribution in [0.25, 0.3) is 0 Å². The molecule has 1 fully saturated rings. The van der Waals surface area contributed by atoms with Gasteiger partial charge in [0.25, 0.3) is 0 Å². The summed E-state index contributed by atoms with van der Waals surface area (Å²) in [7, 11) is 0. The summed E-state index contributed by atoms with van der Waals surface area (Å²) < 4.78 is 0. The van der Waals surface area contributed by atoms with Crippen LogP contribution in [0.5, 0.6) is 0 Å². The van der Waals surface area contributed by atoms with Crippen molar-refractivity contribution in [2.24, 2.45) is 11.7 Å². The molecule has 0 bridgehead atoms. The Morgan fingerprint density at radius 2 is 1.88 bits per heavy atom. The molecule has 1 aromatic rings. The number of aryl methyl sites for hydroxylation is 2. The molecule has 0 radical (unpaired) electrons. The molecule has 2 heteroatoms. The average molecular weight is 218 g/mol. The lowest BCUT2D eigenvalue weighted by atomic mass is 10.0. The lowest BCUT2D eigenvalue weighted by molar-refractivity contribution is 0.516. The molecule has 0 heterocycles. The molecule has 0 aliphatic heterocycles. The van der Waals surface area contributed by atoms with Gasteiger partial charge in [-0.25, -0.2) is 0 Å². The third-order valence-corrected chi connectivity index (χ3v) is 3.54. The van der Waals surface area contributed by atoms with Crippen molar-refractivity contribution in [2.45, 2.75) is 39.2 Å². The van der Waals surface area contributed by atoms with E-state index in [0.29, 0.717) is 12.0 Å². The van der Waals surface area contributed by atoms with Gasteiger partial charge in [0.1, 0.15) is 0 Å². The van der Waals surface area contributed by atoms with Gasteiger partial charge in [0.2, 0.25) is 0 Å².